The lowest BCUT2D eigenvalue weighted by atomic mass is 10.00. The Bertz CT molecular complexity index is 529. The number of aliphatic imine (C=N–C) groups is 1. The first-order chi connectivity index (χ1) is 7.93. The highest BCUT2D eigenvalue weighted by Gasteiger charge is 2.13. The van der Waals surface area contributed by atoms with Crippen LogP contribution in [0.2, 0.25) is 0 Å². The maximum atomic E-state index is 4.67. The summed E-state index contributed by atoms with van der Waals surface area (Å²) < 4.78 is 0. The average Bonchev–Trinajstić information content (AvgIpc) is 2.39. The summed E-state index contributed by atoms with van der Waals surface area (Å²) in [6.07, 6.45) is 3.86. The van der Waals surface area contributed by atoms with Crippen molar-refractivity contribution in [2.75, 3.05) is 0 Å². The Hall–Kier alpha value is -1.96. The zero-order valence-corrected chi connectivity index (χ0v) is 8.93. The van der Waals surface area contributed by atoms with Gasteiger partial charge in [-0.2, -0.15) is 0 Å². The fraction of sp³-hybridized carbons (Fsp3) is 0.143. The highest BCUT2D eigenvalue weighted by molar-refractivity contribution is 6.01. The number of pyridine rings is 1. The first-order valence-electron chi connectivity index (χ1n) is 5.50. The highest BCUT2D eigenvalue weighted by atomic mass is 14.8. The van der Waals surface area contributed by atoms with E-state index >= 15 is 0 Å². The van der Waals surface area contributed by atoms with Crippen molar-refractivity contribution >= 4 is 11.4 Å². The molecular formula is C14H12N2. The fourth-order valence-electron chi connectivity index (χ4n) is 2.00. The molecule has 2 aromatic rings. The Labute approximate surface area is 94.7 Å². The van der Waals surface area contributed by atoms with E-state index in [0.717, 1.165) is 29.9 Å². The van der Waals surface area contributed by atoms with Crippen LogP contribution in [0.25, 0.3) is 0 Å². The fourth-order valence-corrected chi connectivity index (χ4v) is 2.00. The summed E-state index contributed by atoms with van der Waals surface area (Å²) >= 11 is 0. The molecule has 3 rings (SSSR count). The predicted molar refractivity (Wildman–Crippen MR) is 65.2 cm³/mol. The largest absolute Gasteiger partial charge is 0.255 e. The van der Waals surface area contributed by atoms with Crippen LogP contribution in [0, 0.1) is 0 Å². The molecule has 78 valence electrons. The monoisotopic (exact) mass is 208 g/mol. The second-order valence-corrected chi connectivity index (χ2v) is 3.90. The van der Waals surface area contributed by atoms with Crippen LogP contribution in [0.5, 0.6) is 0 Å². The summed E-state index contributed by atoms with van der Waals surface area (Å²) in [5, 5.41) is 0. The molecule has 0 saturated carbocycles. The maximum Gasteiger partial charge on any atom is 0.0844 e. The van der Waals surface area contributed by atoms with Gasteiger partial charge in [0, 0.05) is 6.20 Å². The number of rotatable bonds is 1. The Morgan fingerprint density at radius 1 is 0.875 bits per heavy atom. The van der Waals surface area contributed by atoms with Crippen molar-refractivity contribution in [1.82, 2.24) is 4.98 Å². The molecule has 0 spiro atoms. The van der Waals surface area contributed by atoms with E-state index in [-0.39, 0.29) is 0 Å². The van der Waals surface area contributed by atoms with E-state index in [1.165, 1.54) is 5.56 Å². The van der Waals surface area contributed by atoms with Crippen molar-refractivity contribution < 1.29 is 0 Å². The molecule has 1 aromatic carbocycles. The van der Waals surface area contributed by atoms with Gasteiger partial charge in [-0.3, -0.25) is 9.98 Å². The molecule has 0 bridgehead atoms. The van der Waals surface area contributed by atoms with E-state index in [4.69, 9.17) is 0 Å². The average molecular weight is 208 g/mol. The number of aryl methyl sites for hydroxylation is 1. The lowest BCUT2D eigenvalue weighted by molar-refractivity contribution is 0.999. The minimum atomic E-state index is 0.980. The first kappa shape index (κ1) is 9.28. The summed E-state index contributed by atoms with van der Waals surface area (Å²) in [6.45, 7) is 0. The van der Waals surface area contributed by atoms with Gasteiger partial charge >= 0.3 is 0 Å². The molecule has 2 heteroatoms. The standard InChI is InChI=1S/C14H12N2/c1-2-6-12-11(5-1)8-9-14(16-12)13-7-3-4-10-15-13/h1-7,10H,8-9H2. The third kappa shape index (κ3) is 1.63. The van der Waals surface area contributed by atoms with E-state index in [9.17, 15) is 0 Å². The molecule has 1 aliphatic heterocycles. The Balaban J connectivity index is 2.04. The van der Waals surface area contributed by atoms with Gasteiger partial charge in [0.05, 0.1) is 17.1 Å². The molecule has 16 heavy (non-hydrogen) atoms. The smallest absolute Gasteiger partial charge is 0.0844 e. The summed E-state index contributed by atoms with van der Waals surface area (Å²) in [5.74, 6) is 0. The van der Waals surface area contributed by atoms with Crippen molar-refractivity contribution in [1.29, 1.82) is 0 Å². The number of fused-ring (bicyclic) bond motifs is 1. The molecule has 1 aliphatic rings. The molecule has 0 fully saturated rings. The van der Waals surface area contributed by atoms with Crippen molar-refractivity contribution in [3.63, 3.8) is 0 Å². The van der Waals surface area contributed by atoms with Crippen molar-refractivity contribution in [3.05, 3.63) is 59.9 Å². The number of para-hydroxylation sites is 1. The van der Waals surface area contributed by atoms with Crippen LogP contribution < -0.4 is 0 Å². The van der Waals surface area contributed by atoms with Gasteiger partial charge in [0.15, 0.2) is 0 Å². The van der Waals surface area contributed by atoms with Gasteiger partial charge in [-0.05, 0) is 36.6 Å². The quantitative estimate of drug-likeness (QED) is 0.706. The van der Waals surface area contributed by atoms with Gasteiger partial charge < -0.3 is 0 Å². The van der Waals surface area contributed by atoms with Gasteiger partial charge in [-0.1, -0.05) is 24.3 Å². The number of benzene rings is 1. The number of hydrogen-bond acceptors (Lipinski definition) is 2. The molecule has 0 saturated heterocycles. The summed E-state index contributed by atoms with van der Waals surface area (Å²) in [4.78, 5) is 9.01. The molecule has 2 nitrogen and oxygen atoms in total. The topological polar surface area (TPSA) is 25.2 Å². The van der Waals surface area contributed by atoms with E-state index in [1.807, 2.05) is 30.5 Å². The lowest BCUT2D eigenvalue weighted by Gasteiger charge is -2.14. The molecule has 0 aliphatic carbocycles. The van der Waals surface area contributed by atoms with Crippen LogP contribution in [-0.2, 0) is 6.42 Å². The predicted octanol–water partition coefficient (Wildman–Crippen LogP) is 3.15. The van der Waals surface area contributed by atoms with Crippen molar-refractivity contribution in [3.8, 4) is 0 Å². The van der Waals surface area contributed by atoms with Crippen molar-refractivity contribution in [2.45, 2.75) is 12.8 Å². The van der Waals surface area contributed by atoms with Crippen LogP contribution >= 0.6 is 0 Å². The van der Waals surface area contributed by atoms with Crippen LogP contribution in [0.15, 0.2) is 53.7 Å². The van der Waals surface area contributed by atoms with Crippen LogP contribution in [0.3, 0.4) is 0 Å². The molecular weight excluding hydrogens is 196 g/mol. The van der Waals surface area contributed by atoms with E-state index in [0.29, 0.717) is 0 Å². The zero-order valence-electron chi connectivity index (χ0n) is 8.93. The van der Waals surface area contributed by atoms with Crippen LogP contribution in [0.1, 0.15) is 17.7 Å². The van der Waals surface area contributed by atoms with Crippen molar-refractivity contribution in [2.24, 2.45) is 4.99 Å². The normalized spacial score (nSPS) is 14.1. The molecule has 0 atom stereocenters. The minimum Gasteiger partial charge on any atom is -0.255 e. The molecule has 0 radical (unpaired) electrons. The van der Waals surface area contributed by atoms with E-state index in [1.54, 1.807) is 0 Å². The van der Waals surface area contributed by atoms with Gasteiger partial charge in [0.2, 0.25) is 0 Å². The summed E-state index contributed by atoms with van der Waals surface area (Å²) in [7, 11) is 0. The molecule has 0 amide bonds. The highest BCUT2D eigenvalue weighted by Crippen LogP contribution is 2.26. The SMILES string of the molecule is c1ccc(C2=Nc3ccccc3CC2)nc1. The van der Waals surface area contributed by atoms with Gasteiger partial charge in [0.1, 0.15) is 0 Å². The third-order valence-corrected chi connectivity index (χ3v) is 2.84. The number of nitrogens with zero attached hydrogens (tertiary/aromatic N) is 2. The number of hydrogen-bond donors (Lipinski definition) is 0. The molecule has 1 aromatic heterocycles. The van der Waals surface area contributed by atoms with Gasteiger partial charge in [0.25, 0.3) is 0 Å². The lowest BCUT2D eigenvalue weighted by Crippen LogP contribution is -2.08. The van der Waals surface area contributed by atoms with Gasteiger partial charge in [-0.25, -0.2) is 0 Å². The Morgan fingerprint density at radius 3 is 2.62 bits per heavy atom. The van der Waals surface area contributed by atoms with E-state index < -0.39 is 0 Å². The first-order valence-corrected chi connectivity index (χ1v) is 5.50. The maximum absolute atomic E-state index is 4.67. The molecule has 2 heterocycles. The second kappa shape index (κ2) is 3.89. The van der Waals surface area contributed by atoms with Gasteiger partial charge in [-0.15, -0.1) is 0 Å². The second-order valence-electron chi connectivity index (χ2n) is 3.90. The number of aromatic nitrogens is 1. The summed E-state index contributed by atoms with van der Waals surface area (Å²) in [5.41, 5.74) is 4.52. The molecule has 0 unspecified atom stereocenters. The van der Waals surface area contributed by atoms with Crippen LogP contribution in [0.4, 0.5) is 5.69 Å². The van der Waals surface area contributed by atoms with E-state index in [2.05, 4.69) is 28.2 Å². The summed E-state index contributed by atoms with van der Waals surface area (Å²) in [6, 6.07) is 14.3. The third-order valence-electron chi connectivity index (χ3n) is 2.84. The Kier molecular flexibility index (Phi) is 2.26. The molecule has 0 N–H and O–H groups in total. The minimum absolute atomic E-state index is 0.980. The van der Waals surface area contributed by atoms with Crippen LogP contribution in [-0.4, -0.2) is 10.7 Å². The zero-order chi connectivity index (χ0) is 10.8. The Morgan fingerprint density at radius 2 is 1.75 bits per heavy atom.